The summed E-state index contributed by atoms with van der Waals surface area (Å²) < 4.78 is 24.1. The maximum absolute atomic E-state index is 10.4. The maximum atomic E-state index is 10.4. The van der Waals surface area contributed by atoms with Gasteiger partial charge in [-0.3, -0.25) is 24.2 Å². The molecule has 1 unspecified atom stereocenters. The number of rotatable bonds is 3. The summed E-state index contributed by atoms with van der Waals surface area (Å²) in [7, 11) is -2.48. The number of nitrogens with zero attached hydrogens (tertiary/aromatic N) is 3. The van der Waals surface area contributed by atoms with Crippen LogP contribution < -0.4 is 0 Å². The zero-order valence-corrected chi connectivity index (χ0v) is 11.1. The highest BCUT2D eigenvalue weighted by atomic mass is 32.3. The minimum Gasteiger partial charge on any atom is -0.400 e. The summed E-state index contributed by atoms with van der Waals surface area (Å²) in [5.41, 5.74) is 0. The average molecular weight is 289 g/mol. The molecule has 0 spiro atoms. The fourth-order valence-electron chi connectivity index (χ4n) is 1.83. The van der Waals surface area contributed by atoms with Crippen molar-refractivity contribution in [2.45, 2.75) is 13.0 Å². The van der Waals surface area contributed by atoms with Crippen LogP contribution in [0.2, 0.25) is 0 Å². The first-order chi connectivity index (χ1) is 8.87. The zero-order chi connectivity index (χ0) is 14.0. The largest absolute Gasteiger partial charge is 0.433 e. The van der Waals surface area contributed by atoms with Gasteiger partial charge in [-0.25, -0.2) is 0 Å². The highest BCUT2D eigenvalue weighted by Gasteiger charge is 2.27. The Morgan fingerprint density at radius 1 is 1.63 bits per heavy atom. The van der Waals surface area contributed by atoms with E-state index >= 15 is 0 Å². The van der Waals surface area contributed by atoms with E-state index < -0.39 is 15.5 Å². The van der Waals surface area contributed by atoms with Crippen LogP contribution in [0.1, 0.15) is 12.7 Å². The van der Waals surface area contributed by atoms with Crippen molar-refractivity contribution in [2.75, 3.05) is 18.1 Å². The molecule has 0 radical (unpaired) electrons. The molecule has 1 fully saturated rings. The van der Waals surface area contributed by atoms with Gasteiger partial charge in [0.25, 0.3) is 0 Å². The monoisotopic (exact) mass is 289 g/mol. The van der Waals surface area contributed by atoms with Gasteiger partial charge in [0.15, 0.2) is 5.76 Å². The molecular weight excluding hydrogens is 274 g/mol. The summed E-state index contributed by atoms with van der Waals surface area (Å²) in [6.07, 6.45) is 1.39. The van der Waals surface area contributed by atoms with Crippen LogP contribution in [0, 0.1) is 10.1 Å². The predicted octanol–water partition coefficient (Wildman–Crippen LogP) is 1.98. The van der Waals surface area contributed by atoms with Crippen molar-refractivity contribution in [3.05, 3.63) is 28.0 Å². The first kappa shape index (κ1) is 13.8. The topological polar surface area (TPSA) is 112 Å². The SMILES string of the molecule is CC1CS(O)(O)CCN1/N=C/c1ccc([N+](=O)[O-])o1. The molecule has 2 heterocycles. The fraction of sp³-hybridized carbons (Fsp3) is 0.500. The van der Waals surface area contributed by atoms with Crippen LogP contribution in [0.3, 0.4) is 0 Å². The Bertz CT molecular complexity index is 501. The molecule has 0 saturated carbocycles. The molecule has 19 heavy (non-hydrogen) atoms. The summed E-state index contributed by atoms with van der Waals surface area (Å²) in [4.78, 5) is 9.83. The molecule has 1 aliphatic rings. The molecule has 106 valence electrons. The van der Waals surface area contributed by atoms with Gasteiger partial charge in [0, 0.05) is 0 Å². The van der Waals surface area contributed by atoms with Crippen LogP contribution in [-0.2, 0) is 0 Å². The summed E-state index contributed by atoms with van der Waals surface area (Å²) in [6.45, 7) is 2.28. The Hall–Kier alpha value is -1.58. The van der Waals surface area contributed by atoms with Crippen molar-refractivity contribution in [3.8, 4) is 0 Å². The van der Waals surface area contributed by atoms with E-state index in [0.717, 1.165) is 0 Å². The smallest absolute Gasteiger partial charge is 0.400 e. The summed E-state index contributed by atoms with van der Waals surface area (Å²) in [6, 6.07) is 2.63. The van der Waals surface area contributed by atoms with Gasteiger partial charge in [0.2, 0.25) is 0 Å². The summed E-state index contributed by atoms with van der Waals surface area (Å²) in [5, 5.41) is 16.3. The molecule has 9 heteroatoms. The molecule has 8 nitrogen and oxygen atoms in total. The first-order valence-electron chi connectivity index (χ1n) is 5.66. The average Bonchev–Trinajstić information content (AvgIpc) is 2.75. The van der Waals surface area contributed by atoms with Crippen LogP contribution >= 0.6 is 10.6 Å². The van der Waals surface area contributed by atoms with E-state index in [-0.39, 0.29) is 29.2 Å². The van der Waals surface area contributed by atoms with Gasteiger partial charge in [-0.15, -0.1) is 0 Å². The lowest BCUT2D eigenvalue weighted by Gasteiger charge is -2.43. The Kier molecular flexibility index (Phi) is 3.78. The molecule has 1 atom stereocenters. The van der Waals surface area contributed by atoms with Crippen molar-refractivity contribution in [1.82, 2.24) is 5.01 Å². The lowest BCUT2D eigenvalue weighted by Crippen LogP contribution is -2.41. The molecule has 1 aromatic heterocycles. The number of hydrogen-bond donors (Lipinski definition) is 2. The normalized spacial score (nSPS) is 24.6. The molecule has 0 aromatic carbocycles. The third-order valence-corrected chi connectivity index (χ3v) is 4.64. The van der Waals surface area contributed by atoms with E-state index in [1.165, 1.54) is 18.3 Å². The maximum Gasteiger partial charge on any atom is 0.433 e. The summed E-state index contributed by atoms with van der Waals surface area (Å²) in [5.74, 6) is 0.522. The lowest BCUT2D eigenvalue weighted by atomic mass is 10.4. The van der Waals surface area contributed by atoms with Gasteiger partial charge >= 0.3 is 5.88 Å². The van der Waals surface area contributed by atoms with Crippen LogP contribution in [0.4, 0.5) is 5.88 Å². The third kappa shape index (κ3) is 3.46. The number of nitro groups is 1. The number of hydrogen-bond acceptors (Lipinski definition) is 7. The van der Waals surface area contributed by atoms with Crippen molar-refractivity contribution in [3.63, 3.8) is 0 Å². The molecule has 1 aliphatic heterocycles. The second-order valence-electron chi connectivity index (χ2n) is 4.36. The van der Waals surface area contributed by atoms with Crippen molar-refractivity contribution in [1.29, 1.82) is 0 Å². The van der Waals surface area contributed by atoms with Crippen molar-refractivity contribution in [2.24, 2.45) is 5.10 Å². The van der Waals surface area contributed by atoms with Gasteiger partial charge in [-0.1, -0.05) is 0 Å². The number of hydrazone groups is 1. The molecule has 0 amide bonds. The molecule has 1 aromatic rings. The van der Waals surface area contributed by atoms with E-state index in [4.69, 9.17) is 4.42 Å². The van der Waals surface area contributed by atoms with Crippen LogP contribution in [0.25, 0.3) is 0 Å². The fourth-order valence-corrected chi connectivity index (χ4v) is 3.42. The first-order valence-corrected chi connectivity index (χ1v) is 7.54. The molecule has 2 N–H and O–H groups in total. The van der Waals surface area contributed by atoms with Crippen molar-refractivity contribution < 1.29 is 18.4 Å². The molecule has 0 bridgehead atoms. The Balaban J connectivity index is 2.00. The van der Waals surface area contributed by atoms with Gasteiger partial charge in [0.05, 0.1) is 36.4 Å². The highest BCUT2D eigenvalue weighted by molar-refractivity contribution is 8.24. The molecule has 0 aliphatic carbocycles. The van der Waals surface area contributed by atoms with E-state index in [1.807, 2.05) is 6.92 Å². The number of furan rings is 1. The quantitative estimate of drug-likeness (QED) is 0.500. The Labute approximate surface area is 111 Å². The van der Waals surface area contributed by atoms with Gasteiger partial charge < -0.3 is 4.42 Å². The predicted molar refractivity (Wildman–Crippen MR) is 71.7 cm³/mol. The van der Waals surface area contributed by atoms with Crippen molar-refractivity contribution >= 4 is 22.7 Å². The Morgan fingerprint density at radius 2 is 2.37 bits per heavy atom. The summed E-state index contributed by atoms with van der Waals surface area (Å²) >= 11 is 0. The van der Waals surface area contributed by atoms with Crippen LogP contribution in [0.5, 0.6) is 0 Å². The highest BCUT2D eigenvalue weighted by Crippen LogP contribution is 2.42. The minimum atomic E-state index is -2.48. The zero-order valence-electron chi connectivity index (χ0n) is 10.3. The lowest BCUT2D eigenvalue weighted by molar-refractivity contribution is -0.402. The minimum absolute atomic E-state index is 0.0973. The molecule has 1 saturated heterocycles. The van der Waals surface area contributed by atoms with E-state index in [1.54, 1.807) is 5.01 Å². The third-order valence-electron chi connectivity index (χ3n) is 2.79. The standard InChI is InChI=1S/C10H15N3O5S/c1-8-7-19(16,17)5-4-12(8)11-6-9-2-3-10(18-9)13(14)15/h2-3,6,8,16-17H,4-5,7H2,1H3/b11-6+. The molecular formula is C10H15N3O5S. The second kappa shape index (κ2) is 5.19. The van der Waals surface area contributed by atoms with Crippen LogP contribution in [0.15, 0.2) is 21.7 Å². The van der Waals surface area contributed by atoms with Gasteiger partial charge in [-0.2, -0.15) is 15.7 Å². The second-order valence-corrected chi connectivity index (χ2v) is 6.71. The van der Waals surface area contributed by atoms with Gasteiger partial charge in [-0.05, 0) is 13.0 Å². The van der Waals surface area contributed by atoms with Crippen LogP contribution in [-0.4, -0.2) is 49.3 Å². The van der Waals surface area contributed by atoms with E-state index in [0.29, 0.717) is 6.54 Å². The van der Waals surface area contributed by atoms with E-state index in [2.05, 4.69) is 5.10 Å². The van der Waals surface area contributed by atoms with E-state index in [9.17, 15) is 19.2 Å². The Morgan fingerprint density at radius 3 is 2.95 bits per heavy atom. The van der Waals surface area contributed by atoms with Gasteiger partial charge in [0.1, 0.15) is 4.92 Å². The molecule has 2 rings (SSSR count).